The highest BCUT2D eigenvalue weighted by Gasteiger charge is 1.98. The molecule has 0 unspecified atom stereocenters. The molecule has 0 atom stereocenters. The lowest BCUT2D eigenvalue weighted by molar-refractivity contribution is -0.132. The van der Waals surface area contributed by atoms with Crippen LogP contribution in [0.25, 0.3) is 0 Å². The smallest absolute Gasteiger partial charge is 0.294 e. The van der Waals surface area contributed by atoms with Gasteiger partial charge in [-0.1, -0.05) is 30.3 Å². The van der Waals surface area contributed by atoms with Gasteiger partial charge in [0.1, 0.15) is 6.73 Å². The molecular formula is C10H13NO2. The molecule has 0 amide bonds. The number of rotatable bonds is 5. The Bertz CT molecular complexity index is 248. The van der Waals surface area contributed by atoms with E-state index in [4.69, 9.17) is 0 Å². The monoisotopic (exact) mass is 179 g/mol. The summed E-state index contributed by atoms with van der Waals surface area (Å²) in [5, 5.41) is 0. The summed E-state index contributed by atoms with van der Waals surface area (Å²) in [5.41, 5.74) is 1.21. The van der Waals surface area contributed by atoms with Crippen LogP contribution in [0.15, 0.2) is 30.3 Å². The first-order valence-corrected chi connectivity index (χ1v) is 4.10. The Morgan fingerprint density at radius 1 is 1.38 bits per heavy atom. The fraction of sp³-hybridized carbons (Fsp3) is 0.300. The third-order valence-corrected chi connectivity index (χ3v) is 1.66. The van der Waals surface area contributed by atoms with E-state index in [1.165, 1.54) is 5.56 Å². The third-order valence-electron chi connectivity index (χ3n) is 1.66. The highest BCUT2D eigenvalue weighted by Crippen LogP contribution is 2.01. The molecule has 0 N–H and O–H groups in total. The normalized spacial score (nSPS) is 10.0. The molecule has 0 saturated heterocycles. The number of hydrogen-bond donors (Lipinski definition) is 0. The Morgan fingerprint density at radius 2 is 2.08 bits per heavy atom. The molecule has 1 aromatic carbocycles. The van der Waals surface area contributed by atoms with Gasteiger partial charge >= 0.3 is 0 Å². The molecule has 1 aromatic rings. The molecule has 0 bridgehead atoms. The minimum atomic E-state index is 0.332. The first kappa shape index (κ1) is 9.74. The SMILES string of the molecule is CN(COC=O)Cc1ccccc1. The predicted molar refractivity (Wildman–Crippen MR) is 49.9 cm³/mol. The van der Waals surface area contributed by atoms with Crippen molar-refractivity contribution in [3.05, 3.63) is 35.9 Å². The Balaban J connectivity index is 2.36. The first-order valence-electron chi connectivity index (χ1n) is 4.10. The number of carbonyl (C=O) groups excluding carboxylic acids is 1. The lowest BCUT2D eigenvalue weighted by Crippen LogP contribution is -2.20. The summed E-state index contributed by atoms with van der Waals surface area (Å²) < 4.78 is 4.61. The summed E-state index contributed by atoms with van der Waals surface area (Å²) in [6.45, 7) is 1.58. The van der Waals surface area contributed by atoms with Crippen LogP contribution in [0, 0.1) is 0 Å². The third kappa shape index (κ3) is 3.71. The van der Waals surface area contributed by atoms with Gasteiger partial charge in [0.05, 0.1) is 0 Å². The second-order valence-electron chi connectivity index (χ2n) is 2.89. The lowest BCUT2D eigenvalue weighted by atomic mass is 10.2. The van der Waals surface area contributed by atoms with Gasteiger partial charge in [-0.2, -0.15) is 0 Å². The molecule has 0 aliphatic carbocycles. The van der Waals surface area contributed by atoms with Crippen molar-refractivity contribution in [1.29, 1.82) is 0 Å². The minimum Gasteiger partial charge on any atom is -0.452 e. The van der Waals surface area contributed by atoms with Crippen LogP contribution >= 0.6 is 0 Å². The van der Waals surface area contributed by atoms with Crippen molar-refractivity contribution in [3.63, 3.8) is 0 Å². The molecule has 0 aliphatic heterocycles. The Hall–Kier alpha value is -1.35. The van der Waals surface area contributed by atoms with E-state index in [0.717, 1.165) is 6.54 Å². The van der Waals surface area contributed by atoms with Crippen LogP contribution in [0.4, 0.5) is 0 Å². The van der Waals surface area contributed by atoms with Crippen LogP contribution in [0.5, 0.6) is 0 Å². The lowest BCUT2D eigenvalue weighted by Gasteiger charge is -2.14. The highest BCUT2D eigenvalue weighted by atomic mass is 16.5. The number of benzene rings is 1. The zero-order valence-corrected chi connectivity index (χ0v) is 7.64. The van der Waals surface area contributed by atoms with E-state index in [1.54, 1.807) is 0 Å². The fourth-order valence-corrected chi connectivity index (χ4v) is 1.10. The Labute approximate surface area is 77.9 Å². The van der Waals surface area contributed by atoms with E-state index in [-0.39, 0.29) is 0 Å². The summed E-state index contributed by atoms with van der Waals surface area (Å²) >= 11 is 0. The summed E-state index contributed by atoms with van der Waals surface area (Å²) in [7, 11) is 1.90. The molecule has 0 fully saturated rings. The maximum Gasteiger partial charge on any atom is 0.294 e. The maximum atomic E-state index is 9.91. The average Bonchev–Trinajstić information content (AvgIpc) is 2.16. The van der Waals surface area contributed by atoms with Gasteiger partial charge in [-0.3, -0.25) is 9.69 Å². The van der Waals surface area contributed by atoms with Crippen molar-refractivity contribution in [2.75, 3.05) is 13.8 Å². The molecule has 13 heavy (non-hydrogen) atoms. The van der Waals surface area contributed by atoms with Crippen molar-refractivity contribution in [2.24, 2.45) is 0 Å². The van der Waals surface area contributed by atoms with Crippen molar-refractivity contribution >= 4 is 6.47 Å². The summed E-state index contributed by atoms with van der Waals surface area (Å²) in [5.74, 6) is 0. The summed E-state index contributed by atoms with van der Waals surface area (Å²) in [6.07, 6.45) is 0. The molecule has 0 saturated carbocycles. The van der Waals surface area contributed by atoms with Gasteiger partial charge in [-0.05, 0) is 12.6 Å². The van der Waals surface area contributed by atoms with Crippen LogP contribution in [0.1, 0.15) is 5.56 Å². The summed E-state index contributed by atoms with van der Waals surface area (Å²) in [6, 6.07) is 10.0. The molecule has 1 rings (SSSR count). The van der Waals surface area contributed by atoms with Crippen LogP contribution in [-0.4, -0.2) is 25.2 Å². The van der Waals surface area contributed by atoms with Crippen LogP contribution < -0.4 is 0 Å². The highest BCUT2D eigenvalue weighted by molar-refractivity contribution is 5.36. The molecule has 70 valence electrons. The fourth-order valence-electron chi connectivity index (χ4n) is 1.10. The molecule has 3 heteroatoms. The topological polar surface area (TPSA) is 29.5 Å². The van der Waals surface area contributed by atoms with E-state index >= 15 is 0 Å². The number of hydrogen-bond acceptors (Lipinski definition) is 3. The molecule has 0 radical (unpaired) electrons. The molecule has 3 nitrogen and oxygen atoms in total. The van der Waals surface area contributed by atoms with Crippen molar-refractivity contribution < 1.29 is 9.53 Å². The zero-order valence-electron chi connectivity index (χ0n) is 7.64. The molecule has 0 heterocycles. The van der Waals surface area contributed by atoms with Gasteiger partial charge < -0.3 is 4.74 Å². The van der Waals surface area contributed by atoms with Crippen LogP contribution in [0.2, 0.25) is 0 Å². The predicted octanol–water partition coefficient (Wildman–Crippen LogP) is 1.25. The van der Waals surface area contributed by atoms with Gasteiger partial charge in [-0.25, -0.2) is 0 Å². The molecule has 0 aromatic heterocycles. The Kier molecular flexibility index (Phi) is 3.99. The van der Waals surface area contributed by atoms with E-state index in [1.807, 2.05) is 42.3 Å². The largest absolute Gasteiger partial charge is 0.452 e. The quantitative estimate of drug-likeness (QED) is 0.503. The standard InChI is InChI=1S/C10H13NO2/c1-11(8-13-9-12)7-10-5-3-2-4-6-10/h2-6,9H,7-8H2,1H3. The molecule has 0 spiro atoms. The van der Waals surface area contributed by atoms with Crippen molar-refractivity contribution in [1.82, 2.24) is 4.90 Å². The van der Waals surface area contributed by atoms with Gasteiger partial charge in [0.2, 0.25) is 0 Å². The minimum absolute atomic E-state index is 0.332. The first-order chi connectivity index (χ1) is 6.33. The zero-order chi connectivity index (χ0) is 9.52. The van der Waals surface area contributed by atoms with Crippen molar-refractivity contribution in [2.45, 2.75) is 6.54 Å². The van der Waals surface area contributed by atoms with Gasteiger partial charge in [0, 0.05) is 6.54 Å². The van der Waals surface area contributed by atoms with Gasteiger partial charge in [-0.15, -0.1) is 0 Å². The number of nitrogens with zero attached hydrogens (tertiary/aromatic N) is 1. The molecular weight excluding hydrogens is 166 g/mol. The molecule has 0 aliphatic rings. The van der Waals surface area contributed by atoms with Gasteiger partial charge in [0.15, 0.2) is 0 Å². The second-order valence-corrected chi connectivity index (χ2v) is 2.89. The van der Waals surface area contributed by atoms with Crippen LogP contribution in [0.3, 0.4) is 0 Å². The van der Waals surface area contributed by atoms with E-state index < -0.39 is 0 Å². The van der Waals surface area contributed by atoms with E-state index in [9.17, 15) is 4.79 Å². The number of carbonyl (C=O) groups is 1. The van der Waals surface area contributed by atoms with Crippen LogP contribution in [-0.2, 0) is 16.1 Å². The maximum absolute atomic E-state index is 9.91. The summed E-state index contributed by atoms with van der Waals surface area (Å²) in [4.78, 5) is 11.8. The van der Waals surface area contributed by atoms with E-state index in [2.05, 4.69) is 4.74 Å². The van der Waals surface area contributed by atoms with Gasteiger partial charge in [0.25, 0.3) is 6.47 Å². The average molecular weight is 179 g/mol. The second kappa shape index (κ2) is 5.32. The number of ether oxygens (including phenoxy) is 1. The van der Waals surface area contributed by atoms with E-state index in [0.29, 0.717) is 13.2 Å². The Morgan fingerprint density at radius 3 is 2.69 bits per heavy atom. The van der Waals surface area contributed by atoms with Crippen molar-refractivity contribution in [3.8, 4) is 0 Å².